The van der Waals surface area contributed by atoms with Crippen molar-refractivity contribution < 1.29 is 4.79 Å². The zero-order chi connectivity index (χ0) is 17.5. The Morgan fingerprint density at radius 2 is 1.88 bits per heavy atom. The molecule has 0 spiro atoms. The van der Waals surface area contributed by atoms with Gasteiger partial charge in [-0.05, 0) is 43.0 Å². The minimum Gasteiger partial charge on any atom is -0.351 e. The van der Waals surface area contributed by atoms with Crippen molar-refractivity contribution in [1.82, 2.24) is 15.3 Å². The van der Waals surface area contributed by atoms with Gasteiger partial charge in [-0.15, -0.1) is 0 Å². The van der Waals surface area contributed by atoms with Gasteiger partial charge in [-0.3, -0.25) is 4.79 Å². The quantitative estimate of drug-likeness (QED) is 0.823. The van der Waals surface area contributed by atoms with Crippen LogP contribution in [0.15, 0.2) is 36.5 Å². The summed E-state index contributed by atoms with van der Waals surface area (Å²) >= 11 is 5.87. The predicted octanol–water partition coefficient (Wildman–Crippen LogP) is 3.85. The highest BCUT2D eigenvalue weighted by Gasteiger charge is 2.15. The number of rotatable bonds is 6. The van der Waals surface area contributed by atoms with Gasteiger partial charge in [-0.2, -0.15) is 0 Å². The normalized spacial score (nSPS) is 14.9. The second kappa shape index (κ2) is 8.81. The number of nitrogens with zero attached hydrogens (tertiary/aromatic N) is 2. The Kier molecular flexibility index (Phi) is 6.23. The number of carbonyl (C=O) groups excluding carboxylic acids is 1. The molecule has 1 aromatic heterocycles. The molecule has 1 aromatic carbocycles. The maximum Gasteiger partial charge on any atom is 0.270 e. The molecule has 1 heterocycles. The topological polar surface area (TPSA) is 66.9 Å². The molecule has 2 aromatic rings. The highest BCUT2D eigenvalue weighted by molar-refractivity contribution is 6.30. The number of aromatic nitrogens is 2. The molecule has 0 aliphatic heterocycles. The second-order valence-electron chi connectivity index (χ2n) is 6.38. The van der Waals surface area contributed by atoms with Gasteiger partial charge in [0.1, 0.15) is 5.69 Å². The van der Waals surface area contributed by atoms with Crippen LogP contribution >= 0.6 is 11.6 Å². The molecular weight excluding hydrogens is 336 g/mol. The molecule has 0 radical (unpaired) electrons. The third-order valence-electron chi connectivity index (χ3n) is 4.44. The van der Waals surface area contributed by atoms with Crippen molar-refractivity contribution in [2.45, 2.75) is 44.6 Å². The highest BCUT2D eigenvalue weighted by atomic mass is 35.5. The van der Waals surface area contributed by atoms with Crippen LogP contribution in [-0.2, 0) is 6.42 Å². The number of hydrogen-bond acceptors (Lipinski definition) is 4. The molecule has 2 N–H and O–H groups in total. The van der Waals surface area contributed by atoms with Crippen LogP contribution in [0.4, 0.5) is 5.95 Å². The summed E-state index contributed by atoms with van der Waals surface area (Å²) in [5, 5.41) is 6.97. The standard InChI is InChI=1S/C19H23ClN4O/c20-15-8-6-14(7-9-15)10-12-21-18(25)17-11-13-22-19(24-17)23-16-4-2-1-3-5-16/h6-9,11,13,16H,1-5,10,12H2,(H,21,25)(H,22,23,24). The summed E-state index contributed by atoms with van der Waals surface area (Å²) in [6, 6.07) is 9.69. The third kappa shape index (κ3) is 5.43. The van der Waals surface area contributed by atoms with Crippen LogP contribution in [-0.4, -0.2) is 28.5 Å². The SMILES string of the molecule is O=C(NCCc1ccc(Cl)cc1)c1ccnc(NC2CCCCC2)n1. The van der Waals surface area contributed by atoms with Crippen molar-refractivity contribution >= 4 is 23.5 Å². The monoisotopic (exact) mass is 358 g/mol. The molecule has 132 valence electrons. The molecule has 1 aliphatic carbocycles. The largest absolute Gasteiger partial charge is 0.351 e. The third-order valence-corrected chi connectivity index (χ3v) is 4.69. The fourth-order valence-corrected chi connectivity index (χ4v) is 3.17. The van der Waals surface area contributed by atoms with Crippen LogP contribution in [0.2, 0.25) is 5.02 Å². The smallest absolute Gasteiger partial charge is 0.270 e. The Morgan fingerprint density at radius 3 is 2.64 bits per heavy atom. The van der Waals surface area contributed by atoms with E-state index in [-0.39, 0.29) is 5.91 Å². The van der Waals surface area contributed by atoms with E-state index >= 15 is 0 Å². The maximum absolute atomic E-state index is 12.3. The Balaban J connectivity index is 1.51. The first kappa shape index (κ1) is 17.7. The number of amides is 1. The summed E-state index contributed by atoms with van der Waals surface area (Å²) in [6.45, 7) is 0.551. The molecule has 0 unspecified atom stereocenters. The van der Waals surface area contributed by atoms with Gasteiger partial charge >= 0.3 is 0 Å². The lowest BCUT2D eigenvalue weighted by Crippen LogP contribution is -2.28. The van der Waals surface area contributed by atoms with Gasteiger partial charge < -0.3 is 10.6 Å². The molecule has 0 saturated heterocycles. The van der Waals surface area contributed by atoms with Gasteiger partial charge in [0.15, 0.2) is 0 Å². The molecular formula is C19H23ClN4O. The minimum atomic E-state index is -0.178. The van der Waals surface area contributed by atoms with Gasteiger partial charge in [-0.1, -0.05) is 43.0 Å². The molecule has 5 nitrogen and oxygen atoms in total. The molecule has 1 fully saturated rings. The molecule has 1 saturated carbocycles. The molecule has 1 amide bonds. The lowest BCUT2D eigenvalue weighted by Gasteiger charge is -2.22. The van der Waals surface area contributed by atoms with E-state index in [0.29, 0.717) is 29.3 Å². The van der Waals surface area contributed by atoms with Crippen molar-refractivity contribution in [3.05, 3.63) is 52.8 Å². The molecule has 25 heavy (non-hydrogen) atoms. The van der Waals surface area contributed by atoms with E-state index in [2.05, 4.69) is 20.6 Å². The maximum atomic E-state index is 12.3. The van der Waals surface area contributed by atoms with Gasteiger partial charge in [0, 0.05) is 23.8 Å². The lowest BCUT2D eigenvalue weighted by molar-refractivity contribution is 0.0949. The van der Waals surface area contributed by atoms with Crippen molar-refractivity contribution in [3.8, 4) is 0 Å². The Morgan fingerprint density at radius 1 is 1.12 bits per heavy atom. The van der Waals surface area contributed by atoms with E-state index in [1.807, 2.05) is 24.3 Å². The summed E-state index contributed by atoms with van der Waals surface area (Å²) in [5.41, 5.74) is 1.52. The van der Waals surface area contributed by atoms with Gasteiger partial charge in [0.25, 0.3) is 5.91 Å². The highest BCUT2D eigenvalue weighted by Crippen LogP contribution is 2.20. The molecule has 3 rings (SSSR count). The van der Waals surface area contributed by atoms with Crippen LogP contribution < -0.4 is 10.6 Å². The first-order valence-corrected chi connectivity index (χ1v) is 9.21. The first-order chi connectivity index (χ1) is 12.2. The Bertz CT molecular complexity index is 699. The van der Waals surface area contributed by atoms with E-state index in [9.17, 15) is 4.79 Å². The van der Waals surface area contributed by atoms with E-state index in [0.717, 1.165) is 24.8 Å². The molecule has 0 atom stereocenters. The zero-order valence-corrected chi connectivity index (χ0v) is 14.9. The van der Waals surface area contributed by atoms with Crippen LogP contribution in [0.25, 0.3) is 0 Å². The fraction of sp³-hybridized carbons (Fsp3) is 0.421. The number of halogens is 1. The van der Waals surface area contributed by atoms with E-state index in [1.165, 1.54) is 19.3 Å². The van der Waals surface area contributed by atoms with Crippen molar-refractivity contribution in [3.63, 3.8) is 0 Å². The summed E-state index contributed by atoms with van der Waals surface area (Å²) in [6.07, 6.45) is 8.44. The summed E-state index contributed by atoms with van der Waals surface area (Å²) in [7, 11) is 0. The van der Waals surface area contributed by atoms with Crippen molar-refractivity contribution in [2.24, 2.45) is 0 Å². The summed E-state index contributed by atoms with van der Waals surface area (Å²) in [5.74, 6) is 0.361. The number of hydrogen-bond donors (Lipinski definition) is 2. The fourth-order valence-electron chi connectivity index (χ4n) is 3.05. The minimum absolute atomic E-state index is 0.178. The Hall–Kier alpha value is -2.14. The molecule has 0 bridgehead atoms. The molecule has 6 heteroatoms. The van der Waals surface area contributed by atoms with E-state index in [1.54, 1.807) is 12.3 Å². The van der Waals surface area contributed by atoms with Gasteiger partial charge in [0.05, 0.1) is 0 Å². The molecule has 1 aliphatic rings. The van der Waals surface area contributed by atoms with Crippen LogP contribution in [0.5, 0.6) is 0 Å². The Labute approximate surface area is 153 Å². The first-order valence-electron chi connectivity index (χ1n) is 8.83. The van der Waals surface area contributed by atoms with Crippen molar-refractivity contribution in [2.75, 3.05) is 11.9 Å². The summed E-state index contributed by atoms with van der Waals surface area (Å²) in [4.78, 5) is 20.9. The predicted molar refractivity (Wildman–Crippen MR) is 100 cm³/mol. The number of anilines is 1. The van der Waals surface area contributed by atoms with E-state index < -0.39 is 0 Å². The van der Waals surface area contributed by atoms with E-state index in [4.69, 9.17) is 11.6 Å². The van der Waals surface area contributed by atoms with Crippen molar-refractivity contribution in [1.29, 1.82) is 0 Å². The van der Waals surface area contributed by atoms with Crippen LogP contribution in [0.1, 0.15) is 48.2 Å². The lowest BCUT2D eigenvalue weighted by atomic mass is 9.96. The van der Waals surface area contributed by atoms with Crippen LogP contribution in [0, 0.1) is 0 Å². The number of carbonyl (C=O) groups is 1. The zero-order valence-electron chi connectivity index (χ0n) is 14.2. The number of benzene rings is 1. The average molecular weight is 359 g/mol. The van der Waals surface area contributed by atoms with Gasteiger partial charge in [0.2, 0.25) is 5.95 Å². The second-order valence-corrected chi connectivity index (χ2v) is 6.81. The number of nitrogens with one attached hydrogen (secondary N) is 2. The van der Waals surface area contributed by atoms with Gasteiger partial charge in [-0.25, -0.2) is 9.97 Å². The summed E-state index contributed by atoms with van der Waals surface area (Å²) < 4.78 is 0. The van der Waals surface area contributed by atoms with Crippen LogP contribution in [0.3, 0.4) is 0 Å². The average Bonchev–Trinajstić information content (AvgIpc) is 2.64.